The van der Waals surface area contributed by atoms with Crippen molar-refractivity contribution in [1.29, 1.82) is 0 Å². The largest absolute Gasteiger partial charge is 0.381 e. The van der Waals surface area contributed by atoms with Gasteiger partial charge in [0.2, 0.25) is 0 Å². The number of carbonyl (C=O) groups excluding carboxylic acids is 1. The Balaban J connectivity index is 1.99. The Morgan fingerprint density at radius 2 is 2.17 bits per heavy atom. The van der Waals surface area contributed by atoms with Crippen LogP contribution < -0.4 is 5.32 Å². The van der Waals surface area contributed by atoms with Gasteiger partial charge in [-0.15, -0.1) is 0 Å². The summed E-state index contributed by atoms with van der Waals surface area (Å²) in [6.45, 7) is 6.91. The quantitative estimate of drug-likeness (QED) is 0.876. The van der Waals surface area contributed by atoms with E-state index in [0.29, 0.717) is 6.54 Å². The maximum atomic E-state index is 12.5. The number of hydrogen-bond donors (Lipinski definition) is 1. The first kappa shape index (κ1) is 17.7. The smallest absolute Gasteiger partial charge is 0.317 e. The first-order valence-corrected chi connectivity index (χ1v) is 8.43. The van der Waals surface area contributed by atoms with E-state index in [1.807, 2.05) is 31.1 Å². The van der Waals surface area contributed by atoms with Crippen LogP contribution in [0.15, 0.2) is 18.5 Å². The fraction of sp³-hybridized carbons (Fsp3) is 0.667. The normalized spacial score (nSPS) is 22.3. The van der Waals surface area contributed by atoms with Gasteiger partial charge in [0.25, 0.3) is 0 Å². The lowest BCUT2D eigenvalue weighted by atomic mass is 9.58. The minimum Gasteiger partial charge on any atom is -0.381 e. The highest BCUT2D eigenvalue weighted by atomic mass is 16.5. The third-order valence-electron chi connectivity index (χ3n) is 5.70. The molecule has 23 heavy (non-hydrogen) atoms. The van der Waals surface area contributed by atoms with E-state index in [1.54, 1.807) is 13.3 Å². The first-order valence-electron chi connectivity index (χ1n) is 8.43. The van der Waals surface area contributed by atoms with Crippen molar-refractivity contribution in [3.63, 3.8) is 0 Å². The molecule has 0 aromatic carbocycles. The molecule has 1 aromatic heterocycles. The highest BCUT2D eigenvalue weighted by Crippen LogP contribution is 2.50. The summed E-state index contributed by atoms with van der Waals surface area (Å²) in [7, 11) is 3.67. The van der Waals surface area contributed by atoms with Crippen molar-refractivity contribution in [2.24, 2.45) is 5.41 Å². The van der Waals surface area contributed by atoms with Crippen LogP contribution in [0.4, 0.5) is 4.79 Å². The average Bonchev–Trinajstić information content (AvgIpc) is 2.54. The maximum absolute atomic E-state index is 12.5. The van der Waals surface area contributed by atoms with Crippen molar-refractivity contribution < 1.29 is 9.53 Å². The molecule has 1 heterocycles. The van der Waals surface area contributed by atoms with Crippen molar-refractivity contribution in [2.45, 2.75) is 58.7 Å². The van der Waals surface area contributed by atoms with Gasteiger partial charge in [-0.3, -0.25) is 4.98 Å². The van der Waals surface area contributed by atoms with Crippen LogP contribution >= 0.6 is 0 Å². The summed E-state index contributed by atoms with van der Waals surface area (Å²) in [5.41, 5.74) is 2.27. The Morgan fingerprint density at radius 3 is 2.74 bits per heavy atom. The molecule has 2 atom stereocenters. The number of aryl methyl sites for hydroxylation is 1. The molecule has 2 amide bonds. The summed E-state index contributed by atoms with van der Waals surface area (Å²) in [5.74, 6) is 0. The summed E-state index contributed by atoms with van der Waals surface area (Å²) < 4.78 is 5.62. The predicted molar refractivity (Wildman–Crippen MR) is 91.2 cm³/mol. The van der Waals surface area contributed by atoms with Crippen LogP contribution in [-0.4, -0.2) is 42.2 Å². The molecule has 0 bridgehead atoms. The van der Waals surface area contributed by atoms with Gasteiger partial charge < -0.3 is 15.0 Å². The Bertz CT molecular complexity index is 543. The Kier molecular flexibility index (Phi) is 5.63. The molecule has 1 N–H and O–H groups in total. The molecule has 0 aliphatic heterocycles. The van der Waals surface area contributed by atoms with Crippen LogP contribution in [0.5, 0.6) is 0 Å². The number of methoxy groups -OCH3 is 1. The standard InChI is InChI=1S/C18H29N3O2/c1-6-18(7-2)15(10-16(18)23-5)21(4)17(22)20-12-14-8-9-19-11-13(14)3/h8-9,11,15-16H,6-7,10,12H2,1-5H3,(H,20,22). The fourth-order valence-corrected chi connectivity index (χ4v) is 3.92. The Morgan fingerprint density at radius 1 is 1.48 bits per heavy atom. The Labute approximate surface area is 139 Å². The number of pyridine rings is 1. The molecule has 5 heteroatoms. The number of hydrogen-bond acceptors (Lipinski definition) is 3. The molecule has 2 rings (SSSR count). The van der Waals surface area contributed by atoms with Gasteiger partial charge in [-0.1, -0.05) is 13.8 Å². The number of ether oxygens (including phenoxy) is 1. The molecule has 128 valence electrons. The Hall–Kier alpha value is -1.62. The molecule has 1 saturated carbocycles. The predicted octanol–water partition coefficient (Wildman–Crippen LogP) is 3.13. The van der Waals surface area contributed by atoms with Gasteiger partial charge in [0, 0.05) is 44.6 Å². The summed E-state index contributed by atoms with van der Waals surface area (Å²) in [5, 5.41) is 3.03. The van der Waals surface area contributed by atoms with Crippen molar-refractivity contribution in [3.8, 4) is 0 Å². The van der Waals surface area contributed by atoms with Crippen LogP contribution in [0, 0.1) is 12.3 Å². The lowest BCUT2D eigenvalue weighted by Crippen LogP contribution is -2.65. The van der Waals surface area contributed by atoms with Gasteiger partial charge >= 0.3 is 6.03 Å². The van der Waals surface area contributed by atoms with Crippen LogP contribution in [-0.2, 0) is 11.3 Å². The summed E-state index contributed by atoms with van der Waals surface area (Å²) in [4.78, 5) is 18.5. The molecule has 2 unspecified atom stereocenters. The van der Waals surface area contributed by atoms with Gasteiger partial charge in [0.15, 0.2) is 0 Å². The van der Waals surface area contributed by atoms with Gasteiger partial charge in [-0.25, -0.2) is 4.79 Å². The first-order chi connectivity index (χ1) is 11.0. The summed E-state index contributed by atoms with van der Waals surface area (Å²) >= 11 is 0. The molecule has 1 aromatic rings. The lowest BCUT2D eigenvalue weighted by molar-refractivity contribution is -0.146. The number of amides is 2. The number of carbonyl (C=O) groups is 1. The van der Waals surface area contributed by atoms with Crippen LogP contribution in [0.3, 0.4) is 0 Å². The molecular formula is C18H29N3O2. The van der Waals surface area contributed by atoms with E-state index >= 15 is 0 Å². The van der Waals surface area contributed by atoms with Gasteiger partial charge in [-0.2, -0.15) is 0 Å². The van der Waals surface area contributed by atoms with E-state index in [2.05, 4.69) is 24.1 Å². The highest BCUT2D eigenvalue weighted by Gasteiger charge is 2.55. The maximum Gasteiger partial charge on any atom is 0.317 e. The zero-order valence-electron chi connectivity index (χ0n) is 14.9. The van der Waals surface area contributed by atoms with E-state index in [0.717, 1.165) is 30.4 Å². The fourth-order valence-electron chi connectivity index (χ4n) is 3.92. The van der Waals surface area contributed by atoms with E-state index in [1.165, 1.54) is 0 Å². The summed E-state index contributed by atoms with van der Waals surface area (Å²) in [6, 6.07) is 2.16. The number of rotatable bonds is 6. The molecule has 0 saturated heterocycles. The lowest BCUT2D eigenvalue weighted by Gasteiger charge is -2.57. The topological polar surface area (TPSA) is 54.5 Å². The van der Waals surface area contributed by atoms with Crippen LogP contribution in [0.1, 0.15) is 44.2 Å². The molecule has 1 fully saturated rings. The molecule has 5 nitrogen and oxygen atoms in total. The average molecular weight is 319 g/mol. The second kappa shape index (κ2) is 7.30. The number of nitrogens with zero attached hydrogens (tertiary/aromatic N) is 2. The van der Waals surface area contributed by atoms with Gasteiger partial charge in [0.05, 0.1) is 6.10 Å². The zero-order valence-corrected chi connectivity index (χ0v) is 14.9. The zero-order chi connectivity index (χ0) is 17.0. The second-order valence-electron chi connectivity index (χ2n) is 6.49. The van der Waals surface area contributed by atoms with E-state index in [-0.39, 0.29) is 23.6 Å². The van der Waals surface area contributed by atoms with Crippen LogP contribution in [0.2, 0.25) is 0 Å². The highest BCUT2D eigenvalue weighted by molar-refractivity contribution is 5.74. The third-order valence-corrected chi connectivity index (χ3v) is 5.70. The minimum absolute atomic E-state index is 0.0213. The van der Waals surface area contributed by atoms with E-state index in [4.69, 9.17) is 4.74 Å². The van der Waals surface area contributed by atoms with E-state index in [9.17, 15) is 4.79 Å². The van der Waals surface area contributed by atoms with Crippen LogP contribution in [0.25, 0.3) is 0 Å². The van der Waals surface area contributed by atoms with Crippen molar-refractivity contribution in [2.75, 3.05) is 14.2 Å². The second-order valence-corrected chi connectivity index (χ2v) is 6.49. The molecular weight excluding hydrogens is 290 g/mol. The minimum atomic E-state index is -0.0213. The van der Waals surface area contributed by atoms with Gasteiger partial charge in [-0.05, 0) is 43.4 Å². The van der Waals surface area contributed by atoms with Crippen molar-refractivity contribution in [3.05, 3.63) is 29.6 Å². The number of urea groups is 1. The molecule has 0 radical (unpaired) electrons. The SMILES string of the molecule is CCC1(CC)C(OC)CC1N(C)C(=O)NCc1ccncc1C. The number of aromatic nitrogens is 1. The van der Waals surface area contributed by atoms with Crippen molar-refractivity contribution >= 4 is 6.03 Å². The summed E-state index contributed by atoms with van der Waals surface area (Å²) in [6.07, 6.45) is 6.78. The molecule has 1 aliphatic carbocycles. The molecule has 0 spiro atoms. The monoisotopic (exact) mass is 319 g/mol. The third kappa shape index (κ3) is 3.20. The molecule has 1 aliphatic rings. The van der Waals surface area contributed by atoms with Crippen molar-refractivity contribution in [1.82, 2.24) is 15.2 Å². The number of nitrogens with one attached hydrogen (secondary N) is 1. The van der Waals surface area contributed by atoms with E-state index < -0.39 is 0 Å². The van der Waals surface area contributed by atoms with Gasteiger partial charge in [0.1, 0.15) is 0 Å².